The minimum absolute atomic E-state index is 0.0199. The van der Waals surface area contributed by atoms with Crippen molar-refractivity contribution in [2.24, 2.45) is 0 Å². The highest BCUT2D eigenvalue weighted by molar-refractivity contribution is 7.12. The maximum atomic E-state index is 12.2. The van der Waals surface area contributed by atoms with Gasteiger partial charge in [-0.05, 0) is 52.4 Å². The molecule has 0 unspecified atom stereocenters. The van der Waals surface area contributed by atoms with Crippen LogP contribution in [-0.4, -0.2) is 11.8 Å². The Morgan fingerprint density at radius 2 is 1.92 bits per heavy atom. The van der Waals surface area contributed by atoms with Gasteiger partial charge in [-0.15, -0.1) is 11.3 Å². The third kappa shape index (κ3) is 2.70. The molecular formula is C19H14N2O2S. The number of anilines is 1. The summed E-state index contributed by atoms with van der Waals surface area (Å²) in [4.78, 5) is 24.5. The minimum Gasteiger partial charge on any atom is -0.348 e. The van der Waals surface area contributed by atoms with Crippen molar-refractivity contribution in [3.63, 3.8) is 0 Å². The molecule has 118 valence electrons. The third-order valence-electron chi connectivity index (χ3n) is 3.99. The molecule has 1 aromatic heterocycles. The Labute approximate surface area is 143 Å². The summed E-state index contributed by atoms with van der Waals surface area (Å²) in [5.74, 6) is -0.126. The monoisotopic (exact) mass is 334 g/mol. The molecule has 0 aliphatic carbocycles. The Hall–Kier alpha value is -2.92. The average Bonchev–Trinajstić information content (AvgIpc) is 3.25. The van der Waals surface area contributed by atoms with Crippen LogP contribution in [0, 0.1) is 0 Å². The number of fused-ring (bicyclic) bond motifs is 1. The van der Waals surface area contributed by atoms with E-state index < -0.39 is 0 Å². The number of amides is 2. The van der Waals surface area contributed by atoms with E-state index in [0.717, 1.165) is 27.9 Å². The van der Waals surface area contributed by atoms with Gasteiger partial charge in [-0.3, -0.25) is 9.59 Å². The van der Waals surface area contributed by atoms with Crippen molar-refractivity contribution in [1.82, 2.24) is 5.32 Å². The molecule has 2 heterocycles. The molecule has 4 rings (SSSR count). The van der Waals surface area contributed by atoms with Crippen LogP contribution in [0.5, 0.6) is 0 Å². The second-order valence-corrected chi connectivity index (χ2v) is 6.51. The highest BCUT2D eigenvalue weighted by atomic mass is 32.1. The molecule has 2 N–H and O–H groups in total. The van der Waals surface area contributed by atoms with Crippen LogP contribution in [-0.2, 0) is 6.54 Å². The van der Waals surface area contributed by atoms with Crippen molar-refractivity contribution in [2.45, 2.75) is 6.54 Å². The van der Waals surface area contributed by atoms with Gasteiger partial charge in [-0.1, -0.05) is 24.3 Å². The molecule has 3 aromatic rings. The Morgan fingerprint density at radius 3 is 2.75 bits per heavy atom. The Bertz CT molecular complexity index is 932. The van der Waals surface area contributed by atoms with E-state index in [2.05, 4.69) is 10.6 Å². The van der Waals surface area contributed by atoms with Crippen LogP contribution >= 0.6 is 11.3 Å². The Morgan fingerprint density at radius 1 is 1.04 bits per heavy atom. The van der Waals surface area contributed by atoms with E-state index in [9.17, 15) is 9.59 Å². The van der Waals surface area contributed by atoms with Gasteiger partial charge in [0.2, 0.25) is 0 Å². The lowest BCUT2D eigenvalue weighted by Crippen LogP contribution is -2.12. The smallest absolute Gasteiger partial charge is 0.265 e. The maximum Gasteiger partial charge on any atom is 0.265 e. The molecule has 0 saturated heterocycles. The van der Waals surface area contributed by atoms with Crippen LogP contribution in [0.25, 0.3) is 11.1 Å². The van der Waals surface area contributed by atoms with Gasteiger partial charge in [0.15, 0.2) is 0 Å². The highest BCUT2D eigenvalue weighted by Crippen LogP contribution is 2.27. The van der Waals surface area contributed by atoms with Gasteiger partial charge in [0.05, 0.1) is 4.88 Å². The lowest BCUT2D eigenvalue weighted by Gasteiger charge is -2.08. The van der Waals surface area contributed by atoms with Gasteiger partial charge in [-0.25, -0.2) is 0 Å². The van der Waals surface area contributed by atoms with Crippen molar-refractivity contribution in [3.05, 3.63) is 76.0 Å². The van der Waals surface area contributed by atoms with E-state index in [1.54, 1.807) is 6.07 Å². The predicted octanol–water partition coefficient (Wildman–Crippen LogP) is 3.91. The predicted molar refractivity (Wildman–Crippen MR) is 95.3 cm³/mol. The number of nitrogens with one attached hydrogen (secondary N) is 2. The molecule has 2 amide bonds. The summed E-state index contributed by atoms with van der Waals surface area (Å²) in [5, 5.41) is 7.62. The summed E-state index contributed by atoms with van der Waals surface area (Å²) in [6, 6.07) is 17.2. The van der Waals surface area contributed by atoms with Crippen LogP contribution in [0.4, 0.5) is 5.69 Å². The van der Waals surface area contributed by atoms with Crippen molar-refractivity contribution in [1.29, 1.82) is 0 Å². The molecule has 24 heavy (non-hydrogen) atoms. The average molecular weight is 334 g/mol. The molecule has 1 aliphatic heterocycles. The third-order valence-corrected chi connectivity index (χ3v) is 4.86. The Balaban J connectivity index is 1.61. The SMILES string of the molecule is O=C(Nc1cccc(-c2ccc3c(c2)CNC3=O)c1)c1cccs1. The lowest BCUT2D eigenvalue weighted by atomic mass is 10.00. The van der Waals surface area contributed by atoms with E-state index in [0.29, 0.717) is 11.4 Å². The Kier molecular flexibility index (Phi) is 3.63. The zero-order valence-corrected chi connectivity index (χ0v) is 13.5. The summed E-state index contributed by atoms with van der Waals surface area (Å²) in [5.41, 5.74) is 4.52. The standard InChI is InChI=1S/C19H14N2O2S/c22-18-16-7-6-13(9-14(16)11-20-18)12-3-1-4-15(10-12)21-19(23)17-5-2-8-24-17/h1-10H,11H2,(H,20,22)(H,21,23). The van der Waals surface area contributed by atoms with Crippen molar-refractivity contribution in [3.8, 4) is 11.1 Å². The van der Waals surface area contributed by atoms with Crippen LogP contribution in [0.15, 0.2) is 60.0 Å². The zero-order valence-electron chi connectivity index (χ0n) is 12.7. The molecule has 0 bridgehead atoms. The van der Waals surface area contributed by atoms with E-state index in [1.807, 2.05) is 53.9 Å². The highest BCUT2D eigenvalue weighted by Gasteiger charge is 2.18. The van der Waals surface area contributed by atoms with Gasteiger partial charge >= 0.3 is 0 Å². The van der Waals surface area contributed by atoms with Gasteiger partial charge in [0, 0.05) is 17.8 Å². The first-order chi connectivity index (χ1) is 11.7. The largest absolute Gasteiger partial charge is 0.348 e. The first-order valence-corrected chi connectivity index (χ1v) is 8.45. The fourth-order valence-corrected chi connectivity index (χ4v) is 3.41. The molecule has 0 atom stereocenters. The summed E-state index contributed by atoms with van der Waals surface area (Å²) in [7, 11) is 0. The maximum absolute atomic E-state index is 12.2. The molecule has 0 radical (unpaired) electrons. The second kappa shape index (κ2) is 5.94. The summed E-state index contributed by atoms with van der Waals surface area (Å²) in [6.07, 6.45) is 0. The number of benzene rings is 2. The van der Waals surface area contributed by atoms with E-state index in [1.165, 1.54) is 11.3 Å². The number of carbonyl (C=O) groups excluding carboxylic acids is 2. The van der Waals surface area contributed by atoms with Crippen LogP contribution in [0.3, 0.4) is 0 Å². The molecule has 2 aromatic carbocycles. The number of thiophene rings is 1. The van der Waals surface area contributed by atoms with Crippen molar-refractivity contribution < 1.29 is 9.59 Å². The van der Waals surface area contributed by atoms with E-state index >= 15 is 0 Å². The molecular weight excluding hydrogens is 320 g/mol. The molecule has 1 aliphatic rings. The zero-order chi connectivity index (χ0) is 16.5. The van der Waals surface area contributed by atoms with Crippen LogP contribution in [0.2, 0.25) is 0 Å². The number of hydrogen-bond donors (Lipinski definition) is 2. The van der Waals surface area contributed by atoms with E-state index in [-0.39, 0.29) is 11.8 Å². The van der Waals surface area contributed by atoms with Crippen LogP contribution in [0.1, 0.15) is 25.6 Å². The van der Waals surface area contributed by atoms with E-state index in [4.69, 9.17) is 0 Å². The number of rotatable bonds is 3. The normalized spacial score (nSPS) is 12.6. The topological polar surface area (TPSA) is 58.2 Å². The van der Waals surface area contributed by atoms with Gasteiger partial charge < -0.3 is 10.6 Å². The van der Waals surface area contributed by atoms with Gasteiger partial charge in [0.25, 0.3) is 11.8 Å². The first-order valence-electron chi connectivity index (χ1n) is 7.57. The first kappa shape index (κ1) is 14.7. The molecule has 5 heteroatoms. The van der Waals surface area contributed by atoms with Gasteiger partial charge in [-0.2, -0.15) is 0 Å². The summed E-state index contributed by atoms with van der Waals surface area (Å²) >= 11 is 1.41. The summed E-state index contributed by atoms with van der Waals surface area (Å²) in [6.45, 7) is 0.566. The minimum atomic E-state index is -0.106. The molecule has 0 fully saturated rings. The fraction of sp³-hybridized carbons (Fsp3) is 0.0526. The summed E-state index contributed by atoms with van der Waals surface area (Å²) < 4.78 is 0. The lowest BCUT2D eigenvalue weighted by molar-refractivity contribution is 0.0964. The van der Waals surface area contributed by atoms with Crippen LogP contribution < -0.4 is 10.6 Å². The van der Waals surface area contributed by atoms with Gasteiger partial charge in [0.1, 0.15) is 0 Å². The molecule has 4 nitrogen and oxygen atoms in total. The molecule has 0 saturated carbocycles. The number of hydrogen-bond acceptors (Lipinski definition) is 3. The van der Waals surface area contributed by atoms with Crippen molar-refractivity contribution in [2.75, 3.05) is 5.32 Å². The molecule has 0 spiro atoms. The van der Waals surface area contributed by atoms with Crippen molar-refractivity contribution >= 4 is 28.8 Å². The second-order valence-electron chi connectivity index (χ2n) is 5.57. The quantitative estimate of drug-likeness (QED) is 0.763. The number of carbonyl (C=O) groups is 2. The fourth-order valence-electron chi connectivity index (χ4n) is 2.79.